The van der Waals surface area contributed by atoms with Gasteiger partial charge in [0.15, 0.2) is 23.6 Å². The van der Waals surface area contributed by atoms with Gasteiger partial charge < -0.3 is 14.0 Å². The van der Waals surface area contributed by atoms with Crippen LogP contribution in [0.1, 0.15) is 18.4 Å². The van der Waals surface area contributed by atoms with Crippen LogP contribution in [-0.2, 0) is 16.1 Å². The van der Waals surface area contributed by atoms with Gasteiger partial charge in [-0.05, 0) is 49.7 Å². The Morgan fingerprint density at radius 1 is 1.11 bits per heavy atom. The van der Waals surface area contributed by atoms with Crippen molar-refractivity contribution in [2.75, 3.05) is 18.6 Å². The van der Waals surface area contributed by atoms with Crippen LogP contribution >= 0.6 is 0 Å². The first kappa shape index (κ1) is 22.4. The quantitative estimate of drug-likeness (QED) is 0.473. The van der Waals surface area contributed by atoms with E-state index in [0.717, 1.165) is 11.0 Å². The molecule has 0 unspecified atom stereocenters. The number of amides is 2. The van der Waals surface area contributed by atoms with Crippen molar-refractivity contribution in [1.82, 2.24) is 15.1 Å². The number of rotatable bonds is 7. The van der Waals surface area contributed by atoms with E-state index in [2.05, 4.69) is 20.5 Å². The average molecular weight is 480 g/mol. The van der Waals surface area contributed by atoms with Crippen LogP contribution in [0.5, 0.6) is 11.5 Å². The lowest BCUT2D eigenvalue weighted by molar-refractivity contribution is -0.123. The summed E-state index contributed by atoms with van der Waals surface area (Å²) in [5, 5.41) is 13.3. The van der Waals surface area contributed by atoms with Crippen LogP contribution in [0.25, 0.3) is 11.4 Å². The second-order valence-electron chi connectivity index (χ2n) is 7.95. The van der Waals surface area contributed by atoms with E-state index in [4.69, 9.17) is 14.0 Å². The number of methoxy groups -OCH3 is 1. The van der Waals surface area contributed by atoms with Crippen molar-refractivity contribution in [3.63, 3.8) is 0 Å². The lowest BCUT2D eigenvalue weighted by Crippen LogP contribution is -2.39. The zero-order valence-electron chi connectivity index (χ0n) is 19.1. The van der Waals surface area contributed by atoms with E-state index in [1.807, 2.05) is 6.92 Å². The van der Waals surface area contributed by atoms with Gasteiger partial charge in [0, 0.05) is 5.56 Å². The molecule has 2 aliphatic rings. The third kappa shape index (κ3) is 3.86. The molecule has 1 saturated heterocycles. The second-order valence-corrected chi connectivity index (χ2v) is 7.95. The van der Waals surface area contributed by atoms with Gasteiger partial charge in [0.25, 0.3) is 11.8 Å². The molecule has 0 radical (unpaired) electrons. The maximum Gasteiger partial charge on any atom is 0.263 e. The Bertz CT molecular complexity index is 1340. The summed E-state index contributed by atoms with van der Waals surface area (Å²) in [5.74, 6) is -0.0375. The molecule has 2 atom stereocenters. The van der Waals surface area contributed by atoms with Crippen LogP contribution in [0.15, 0.2) is 51.3 Å². The zero-order chi connectivity index (χ0) is 24.7. The number of carbonyl (C=O) groups excluding carboxylic acids is 2. The summed E-state index contributed by atoms with van der Waals surface area (Å²) in [4.78, 5) is 31.3. The summed E-state index contributed by atoms with van der Waals surface area (Å²) in [6.07, 6.45) is 0. The molecule has 12 heteroatoms. The number of imide groups is 1. The van der Waals surface area contributed by atoms with Gasteiger partial charge in [0.05, 0.1) is 19.4 Å². The SMILES string of the molecule is CCOc1ccc(-c2noc(CN3N=N[C@@H]4C(=O)N(c5ccc(C)c(F)c5)C(=O)[C@H]43)n2)cc1OC. The summed E-state index contributed by atoms with van der Waals surface area (Å²) in [7, 11) is 1.53. The Labute approximate surface area is 199 Å². The monoisotopic (exact) mass is 480 g/mol. The highest BCUT2D eigenvalue weighted by molar-refractivity contribution is 6.25. The van der Waals surface area contributed by atoms with Gasteiger partial charge in [-0.25, -0.2) is 9.29 Å². The van der Waals surface area contributed by atoms with Crippen LogP contribution in [0, 0.1) is 12.7 Å². The molecule has 3 aromatic rings. The minimum atomic E-state index is -1.02. The molecule has 0 N–H and O–H groups in total. The molecule has 0 saturated carbocycles. The first-order valence-corrected chi connectivity index (χ1v) is 10.9. The fourth-order valence-corrected chi connectivity index (χ4v) is 3.99. The van der Waals surface area contributed by atoms with Gasteiger partial charge in [0.1, 0.15) is 12.4 Å². The maximum absolute atomic E-state index is 14.0. The molecule has 3 heterocycles. The normalized spacial score (nSPS) is 19.0. The van der Waals surface area contributed by atoms with E-state index in [9.17, 15) is 14.0 Å². The molecular weight excluding hydrogens is 459 g/mol. The first-order valence-electron chi connectivity index (χ1n) is 10.9. The Kier molecular flexibility index (Phi) is 5.63. The molecular formula is C23H21FN6O5. The van der Waals surface area contributed by atoms with Crippen molar-refractivity contribution in [2.45, 2.75) is 32.5 Å². The van der Waals surface area contributed by atoms with Gasteiger partial charge in [-0.1, -0.05) is 16.4 Å². The predicted molar refractivity (Wildman–Crippen MR) is 119 cm³/mol. The number of anilines is 1. The lowest BCUT2D eigenvalue weighted by atomic mass is 10.1. The van der Waals surface area contributed by atoms with E-state index in [0.29, 0.717) is 35.1 Å². The molecule has 1 fully saturated rings. The fraction of sp³-hybridized carbons (Fsp3) is 0.304. The van der Waals surface area contributed by atoms with Gasteiger partial charge in [-0.3, -0.25) is 14.6 Å². The first-order chi connectivity index (χ1) is 16.9. The third-order valence-electron chi connectivity index (χ3n) is 5.76. The van der Waals surface area contributed by atoms with E-state index >= 15 is 0 Å². The molecule has 5 rings (SSSR count). The number of carbonyl (C=O) groups is 2. The minimum absolute atomic E-state index is 0.0407. The fourth-order valence-electron chi connectivity index (χ4n) is 3.99. The van der Waals surface area contributed by atoms with Crippen LogP contribution in [-0.4, -0.2) is 52.8 Å². The summed E-state index contributed by atoms with van der Waals surface area (Å²) in [6.45, 7) is 3.92. The summed E-state index contributed by atoms with van der Waals surface area (Å²) < 4.78 is 30.3. The van der Waals surface area contributed by atoms with Crippen LogP contribution in [0.2, 0.25) is 0 Å². The van der Waals surface area contributed by atoms with Crippen molar-refractivity contribution in [1.29, 1.82) is 0 Å². The van der Waals surface area contributed by atoms with E-state index in [1.165, 1.54) is 24.3 Å². The second kappa shape index (κ2) is 8.78. The number of aryl methyl sites for hydroxylation is 1. The van der Waals surface area contributed by atoms with Crippen LogP contribution in [0.3, 0.4) is 0 Å². The lowest BCUT2D eigenvalue weighted by Gasteiger charge is -2.19. The van der Waals surface area contributed by atoms with Crippen molar-refractivity contribution >= 4 is 17.5 Å². The number of halogens is 1. The van der Waals surface area contributed by atoms with E-state index in [-0.39, 0.29) is 18.1 Å². The Balaban J connectivity index is 1.34. The Hall–Kier alpha value is -4.35. The molecule has 0 aliphatic carbocycles. The Morgan fingerprint density at radius 3 is 2.69 bits per heavy atom. The summed E-state index contributed by atoms with van der Waals surface area (Å²) in [6, 6.07) is 7.42. The molecule has 0 bridgehead atoms. The van der Waals surface area contributed by atoms with Crippen molar-refractivity contribution in [2.24, 2.45) is 10.3 Å². The number of nitrogens with zero attached hydrogens (tertiary/aromatic N) is 6. The highest BCUT2D eigenvalue weighted by atomic mass is 19.1. The van der Waals surface area contributed by atoms with Gasteiger partial charge in [-0.2, -0.15) is 10.1 Å². The highest BCUT2D eigenvalue weighted by Gasteiger charge is 2.55. The topological polar surface area (TPSA) is 123 Å². The number of fused-ring (bicyclic) bond motifs is 1. The van der Waals surface area contributed by atoms with Gasteiger partial charge >= 0.3 is 0 Å². The smallest absolute Gasteiger partial charge is 0.263 e. The predicted octanol–water partition coefficient (Wildman–Crippen LogP) is 3.08. The summed E-state index contributed by atoms with van der Waals surface area (Å²) in [5.41, 5.74) is 1.20. The van der Waals surface area contributed by atoms with Crippen LogP contribution < -0.4 is 14.4 Å². The molecule has 180 valence electrons. The van der Waals surface area contributed by atoms with E-state index in [1.54, 1.807) is 25.1 Å². The third-order valence-corrected chi connectivity index (χ3v) is 5.76. The zero-order valence-corrected chi connectivity index (χ0v) is 19.1. The number of ether oxygens (including phenoxy) is 2. The van der Waals surface area contributed by atoms with Crippen molar-refractivity contribution in [3.8, 4) is 22.9 Å². The molecule has 0 spiro atoms. The largest absolute Gasteiger partial charge is 0.493 e. The molecule has 2 aromatic carbocycles. The molecule has 1 aromatic heterocycles. The van der Waals surface area contributed by atoms with Gasteiger partial charge in [0.2, 0.25) is 11.7 Å². The van der Waals surface area contributed by atoms with Crippen LogP contribution in [0.4, 0.5) is 10.1 Å². The standard InChI is InChI=1S/C23H21FN6O5/c1-4-34-16-8-6-13(9-17(16)33-3)21-25-18(35-27-21)11-29-20-19(26-28-29)22(31)30(23(20)32)14-7-5-12(2)15(24)10-14/h5-10,19-20H,4,11H2,1-3H3/t19-,20-/m0/s1. The highest BCUT2D eigenvalue weighted by Crippen LogP contribution is 2.34. The maximum atomic E-state index is 14.0. The Morgan fingerprint density at radius 2 is 1.94 bits per heavy atom. The number of hydrogen-bond donors (Lipinski definition) is 0. The van der Waals surface area contributed by atoms with Crippen molar-refractivity contribution < 1.29 is 28.0 Å². The number of benzene rings is 2. The van der Waals surface area contributed by atoms with E-state index < -0.39 is 29.7 Å². The number of hydrogen-bond acceptors (Lipinski definition) is 10. The minimum Gasteiger partial charge on any atom is -0.493 e. The van der Waals surface area contributed by atoms with Gasteiger partial charge in [-0.15, -0.1) is 0 Å². The molecule has 2 amide bonds. The molecule has 2 aliphatic heterocycles. The molecule has 35 heavy (non-hydrogen) atoms. The molecule has 11 nitrogen and oxygen atoms in total. The summed E-state index contributed by atoms with van der Waals surface area (Å²) >= 11 is 0. The van der Waals surface area contributed by atoms with Crippen molar-refractivity contribution in [3.05, 3.63) is 53.7 Å². The number of aromatic nitrogens is 2. The average Bonchev–Trinajstić information content (AvgIpc) is 3.54.